The van der Waals surface area contributed by atoms with Gasteiger partial charge in [-0.05, 0) is 57.4 Å². The summed E-state index contributed by atoms with van der Waals surface area (Å²) in [4.78, 5) is 28.1. The zero-order valence-electron chi connectivity index (χ0n) is 19.0. The molecule has 3 aromatic rings. The maximum Gasteiger partial charge on any atom is 0.329 e. The van der Waals surface area contributed by atoms with Crippen LogP contribution in [0, 0.1) is 0 Å². The average molecular weight is 438 g/mol. The van der Waals surface area contributed by atoms with E-state index in [9.17, 15) is 9.59 Å². The third-order valence-electron chi connectivity index (χ3n) is 6.04. The number of urea groups is 1. The number of methoxy groups -OCH3 is 1. The number of piperidine rings is 1. The molecule has 0 saturated carbocycles. The van der Waals surface area contributed by atoms with Gasteiger partial charge in [0.25, 0.3) is 0 Å². The molecular formula is C24H31N5O3. The van der Waals surface area contributed by atoms with Crippen LogP contribution in [-0.4, -0.2) is 35.4 Å². The third kappa shape index (κ3) is 4.17. The second-order valence-corrected chi connectivity index (χ2v) is 7.99. The van der Waals surface area contributed by atoms with Crippen LogP contribution in [0.4, 0.5) is 21.9 Å². The quantitative estimate of drug-likeness (QED) is 0.596. The fourth-order valence-electron chi connectivity index (χ4n) is 4.44. The first kappa shape index (κ1) is 21.8. The monoisotopic (exact) mass is 437 g/mol. The van der Waals surface area contributed by atoms with Crippen molar-refractivity contribution in [3.8, 4) is 5.75 Å². The van der Waals surface area contributed by atoms with Gasteiger partial charge in [0.15, 0.2) is 0 Å². The van der Waals surface area contributed by atoms with Gasteiger partial charge < -0.3 is 20.3 Å². The van der Waals surface area contributed by atoms with Crippen molar-refractivity contribution in [2.75, 3.05) is 35.7 Å². The van der Waals surface area contributed by atoms with Crippen molar-refractivity contribution in [1.82, 2.24) is 9.13 Å². The number of carbonyl (C=O) groups is 1. The third-order valence-corrected chi connectivity index (χ3v) is 6.04. The number of anilines is 3. The number of aryl methyl sites for hydroxylation is 2. The van der Waals surface area contributed by atoms with Crippen LogP contribution < -0.4 is 26.0 Å². The number of ether oxygens (including phenoxy) is 1. The number of hydrogen-bond donors (Lipinski definition) is 2. The summed E-state index contributed by atoms with van der Waals surface area (Å²) < 4.78 is 8.79. The SMILES string of the molecule is CCn1c(=O)n(CC)c2cc(N3CCCCC3)c(NC(=O)Nc3cccc(OC)c3)cc21. The van der Waals surface area contributed by atoms with Crippen molar-refractivity contribution >= 4 is 34.1 Å². The second kappa shape index (κ2) is 9.38. The molecule has 1 aliphatic rings. The zero-order chi connectivity index (χ0) is 22.7. The average Bonchev–Trinajstić information content (AvgIpc) is 3.08. The van der Waals surface area contributed by atoms with E-state index in [1.807, 2.05) is 38.1 Å². The predicted octanol–water partition coefficient (Wildman–Crippen LogP) is 4.49. The lowest BCUT2D eigenvalue weighted by molar-refractivity contribution is 0.262. The number of rotatable bonds is 6. The van der Waals surface area contributed by atoms with Crippen LogP contribution in [0.25, 0.3) is 11.0 Å². The molecule has 2 aromatic carbocycles. The predicted molar refractivity (Wildman–Crippen MR) is 129 cm³/mol. The van der Waals surface area contributed by atoms with Crippen LogP contribution >= 0.6 is 0 Å². The fraction of sp³-hybridized carbons (Fsp3) is 0.417. The van der Waals surface area contributed by atoms with E-state index >= 15 is 0 Å². The highest BCUT2D eigenvalue weighted by molar-refractivity contribution is 6.04. The van der Waals surface area contributed by atoms with E-state index in [0.29, 0.717) is 30.2 Å². The van der Waals surface area contributed by atoms with Crippen LogP contribution in [0.15, 0.2) is 41.2 Å². The summed E-state index contributed by atoms with van der Waals surface area (Å²) in [5.41, 5.74) is 4.01. The summed E-state index contributed by atoms with van der Waals surface area (Å²) >= 11 is 0. The molecule has 0 aliphatic carbocycles. The van der Waals surface area contributed by atoms with Gasteiger partial charge in [0.2, 0.25) is 0 Å². The van der Waals surface area contributed by atoms with Crippen LogP contribution in [0.3, 0.4) is 0 Å². The fourth-order valence-corrected chi connectivity index (χ4v) is 4.44. The van der Waals surface area contributed by atoms with Crippen LogP contribution in [0.5, 0.6) is 5.75 Å². The summed E-state index contributed by atoms with van der Waals surface area (Å²) in [5, 5.41) is 5.90. The maximum atomic E-state index is 12.9. The van der Waals surface area contributed by atoms with E-state index in [1.54, 1.807) is 22.3 Å². The van der Waals surface area contributed by atoms with Gasteiger partial charge in [0.05, 0.1) is 29.5 Å². The molecule has 0 spiro atoms. The molecule has 2 heterocycles. The van der Waals surface area contributed by atoms with Crippen molar-refractivity contribution in [3.63, 3.8) is 0 Å². The molecule has 8 heteroatoms. The topological polar surface area (TPSA) is 80.5 Å². The second-order valence-electron chi connectivity index (χ2n) is 7.99. The molecule has 1 aromatic heterocycles. The molecule has 8 nitrogen and oxygen atoms in total. The Labute approximate surface area is 187 Å². The lowest BCUT2D eigenvalue weighted by Crippen LogP contribution is -2.31. The number of nitrogens with zero attached hydrogens (tertiary/aromatic N) is 3. The van der Waals surface area contributed by atoms with Gasteiger partial charge in [-0.15, -0.1) is 0 Å². The Bertz CT molecular complexity index is 1170. The van der Waals surface area contributed by atoms with E-state index in [4.69, 9.17) is 4.74 Å². The minimum atomic E-state index is -0.337. The smallest absolute Gasteiger partial charge is 0.329 e. The van der Waals surface area contributed by atoms with Crippen molar-refractivity contribution in [3.05, 3.63) is 46.9 Å². The van der Waals surface area contributed by atoms with Gasteiger partial charge in [-0.25, -0.2) is 9.59 Å². The van der Waals surface area contributed by atoms with Crippen molar-refractivity contribution in [1.29, 1.82) is 0 Å². The standard InChI is InChI=1S/C24H31N5O3/c1-4-28-21-15-19(26-23(30)25-17-10-9-11-18(14-17)32-3)20(27-12-7-6-8-13-27)16-22(21)29(5-2)24(28)31/h9-11,14-16H,4-8,12-13H2,1-3H3,(H2,25,26,30). The zero-order valence-corrected chi connectivity index (χ0v) is 19.0. The number of carbonyl (C=O) groups excluding carboxylic acids is 1. The van der Waals surface area contributed by atoms with Gasteiger partial charge in [-0.1, -0.05) is 6.07 Å². The molecule has 32 heavy (non-hydrogen) atoms. The Morgan fingerprint density at radius 2 is 1.66 bits per heavy atom. The lowest BCUT2D eigenvalue weighted by atomic mass is 10.1. The first-order chi connectivity index (χ1) is 15.5. The van der Waals surface area contributed by atoms with E-state index < -0.39 is 0 Å². The molecule has 0 atom stereocenters. The largest absolute Gasteiger partial charge is 0.497 e. The number of nitrogens with one attached hydrogen (secondary N) is 2. The van der Waals surface area contributed by atoms with Crippen molar-refractivity contribution in [2.45, 2.75) is 46.2 Å². The number of hydrogen-bond acceptors (Lipinski definition) is 4. The van der Waals surface area contributed by atoms with Crippen LogP contribution in [0.2, 0.25) is 0 Å². The molecule has 0 radical (unpaired) electrons. The number of aromatic nitrogens is 2. The summed E-state index contributed by atoms with van der Waals surface area (Å²) in [5.74, 6) is 0.672. The first-order valence-corrected chi connectivity index (χ1v) is 11.3. The highest BCUT2D eigenvalue weighted by atomic mass is 16.5. The van der Waals surface area contributed by atoms with E-state index in [2.05, 4.69) is 21.6 Å². The van der Waals surface area contributed by atoms with E-state index in [1.165, 1.54) is 6.42 Å². The minimum absolute atomic E-state index is 0.0208. The Morgan fingerprint density at radius 1 is 0.969 bits per heavy atom. The van der Waals surface area contributed by atoms with Crippen molar-refractivity contribution < 1.29 is 9.53 Å². The highest BCUT2D eigenvalue weighted by Gasteiger charge is 2.21. The van der Waals surface area contributed by atoms with Gasteiger partial charge >= 0.3 is 11.7 Å². The molecule has 2 amide bonds. The van der Waals surface area contributed by atoms with Crippen molar-refractivity contribution in [2.24, 2.45) is 0 Å². The van der Waals surface area contributed by atoms with Gasteiger partial charge in [0.1, 0.15) is 5.75 Å². The number of benzene rings is 2. The Kier molecular flexibility index (Phi) is 6.39. The summed E-state index contributed by atoms with van der Waals surface area (Å²) in [6.07, 6.45) is 3.44. The molecule has 1 saturated heterocycles. The highest BCUT2D eigenvalue weighted by Crippen LogP contribution is 2.33. The van der Waals surface area contributed by atoms with E-state index in [-0.39, 0.29) is 11.7 Å². The molecule has 1 fully saturated rings. The molecule has 2 N–H and O–H groups in total. The van der Waals surface area contributed by atoms with Crippen LogP contribution in [0.1, 0.15) is 33.1 Å². The maximum absolute atomic E-state index is 12.9. The Hall–Kier alpha value is -3.42. The molecule has 1 aliphatic heterocycles. The molecule has 0 unspecified atom stereocenters. The molecule has 0 bridgehead atoms. The summed E-state index contributed by atoms with van der Waals surface area (Å²) in [6, 6.07) is 10.9. The van der Waals surface area contributed by atoms with Gasteiger partial charge in [-0.3, -0.25) is 9.13 Å². The molecule has 170 valence electrons. The van der Waals surface area contributed by atoms with Crippen LogP contribution in [-0.2, 0) is 13.1 Å². The molecular weight excluding hydrogens is 406 g/mol. The number of amides is 2. The van der Waals surface area contributed by atoms with Gasteiger partial charge in [0, 0.05) is 37.9 Å². The first-order valence-electron chi connectivity index (χ1n) is 11.3. The normalized spacial score (nSPS) is 13.9. The Morgan fingerprint density at radius 3 is 2.31 bits per heavy atom. The summed E-state index contributed by atoms with van der Waals surface area (Å²) in [7, 11) is 1.59. The lowest BCUT2D eigenvalue weighted by Gasteiger charge is -2.30. The van der Waals surface area contributed by atoms with E-state index in [0.717, 1.165) is 42.7 Å². The minimum Gasteiger partial charge on any atom is -0.497 e. The summed E-state index contributed by atoms with van der Waals surface area (Å²) in [6.45, 7) is 6.98. The number of fused-ring (bicyclic) bond motifs is 1. The molecule has 4 rings (SSSR count). The Balaban J connectivity index is 1.73. The number of imidazole rings is 1. The van der Waals surface area contributed by atoms with Gasteiger partial charge in [-0.2, -0.15) is 0 Å².